The van der Waals surface area contributed by atoms with Crippen LogP contribution in [0.1, 0.15) is 28.2 Å². The third-order valence-electron chi connectivity index (χ3n) is 4.49. The standard InChI is InChI=1S/C18H20Cl2N4O2/c1-23-6-3-7-24(9-8-23)18(26)13-11-21-16(22-17(13)25)10-12-14(19)4-2-5-15(12)20/h2,4-5,11H,3,6-10H2,1H3,(H,21,22,25). The Labute approximate surface area is 161 Å². The molecular formula is C18H20Cl2N4O2. The van der Waals surface area contributed by atoms with Crippen LogP contribution in [0.3, 0.4) is 0 Å². The van der Waals surface area contributed by atoms with Crippen LogP contribution in [0.15, 0.2) is 29.2 Å². The lowest BCUT2D eigenvalue weighted by molar-refractivity contribution is 0.0760. The van der Waals surface area contributed by atoms with Crippen molar-refractivity contribution in [3.05, 3.63) is 61.7 Å². The summed E-state index contributed by atoms with van der Waals surface area (Å²) in [6.07, 6.45) is 2.52. The number of nitrogens with zero attached hydrogens (tertiary/aromatic N) is 3. The minimum Gasteiger partial charge on any atom is -0.337 e. The topological polar surface area (TPSA) is 69.3 Å². The Morgan fingerprint density at radius 1 is 1.19 bits per heavy atom. The summed E-state index contributed by atoms with van der Waals surface area (Å²) in [5, 5.41) is 1.02. The second-order valence-electron chi connectivity index (χ2n) is 6.40. The van der Waals surface area contributed by atoms with Crippen LogP contribution in [0.2, 0.25) is 10.0 Å². The number of benzene rings is 1. The molecule has 1 aliphatic heterocycles. The molecule has 1 amide bonds. The van der Waals surface area contributed by atoms with E-state index in [1.165, 1.54) is 6.20 Å². The number of nitrogens with one attached hydrogen (secondary N) is 1. The molecule has 26 heavy (non-hydrogen) atoms. The molecule has 0 aliphatic carbocycles. The number of hydrogen-bond acceptors (Lipinski definition) is 4. The average molecular weight is 395 g/mol. The largest absolute Gasteiger partial charge is 0.337 e. The first-order valence-electron chi connectivity index (χ1n) is 8.44. The lowest BCUT2D eigenvalue weighted by Gasteiger charge is -2.20. The molecule has 8 heteroatoms. The first-order chi connectivity index (χ1) is 12.5. The van der Waals surface area contributed by atoms with Gasteiger partial charge in [0.15, 0.2) is 0 Å². The molecule has 0 radical (unpaired) electrons. The summed E-state index contributed by atoms with van der Waals surface area (Å²) in [4.78, 5) is 35.9. The minimum absolute atomic E-state index is 0.0589. The highest BCUT2D eigenvalue weighted by molar-refractivity contribution is 6.36. The van der Waals surface area contributed by atoms with E-state index in [1.807, 2.05) is 7.05 Å². The second-order valence-corrected chi connectivity index (χ2v) is 7.21. The van der Waals surface area contributed by atoms with Gasteiger partial charge in [0, 0.05) is 42.3 Å². The van der Waals surface area contributed by atoms with E-state index in [4.69, 9.17) is 23.2 Å². The summed E-state index contributed by atoms with van der Waals surface area (Å²) in [5.41, 5.74) is 0.304. The minimum atomic E-state index is -0.444. The van der Waals surface area contributed by atoms with Crippen molar-refractivity contribution in [3.8, 4) is 0 Å². The second kappa shape index (κ2) is 8.20. The summed E-state index contributed by atoms with van der Waals surface area (Å²) >= 11 is 12.3. The van der Waals surface area contributed by atoms with Gasteiger partial charge in [-0.3, -0.25) is 9.59 Å². The maximum Gasteiger partial charge on any atom is 0.263 e. The van der Waals surface area contributed by atoms with Gasteiger partial charge in [-0.15, -0.1) is 0 Å². The van der Waals surface area contributed by atoms with Gasteiger partial charge < -0.3 is 14.8 Å². The van der Waals surface area contributed by atoms with Crippen LogP contribution in [0.5, 0.6) is 0 Å². The van der Waals surface area contributed by atoms with Gasteiger partial charge in [0.25, 0.3) is 11.5 Å². The van der Waals surface area contributed by atoms with Crippen molar-refractivity contribution in [2.75, 3.05) is 33.2 Å². The van der Waals surface area contributed by atoms with Gasteiger partial charge in [-0.05, 0) is 37.7 Å². The zero-order valence-electron chi connectivity index (χ0n) is 14.5. The molecule has 2 heterocycles. The Balaban J connectivity index is 1.79. The molecule has 0 atom stereocenters. The maximum absolute atomic E-state index is 12.7. The van der Waals surface area contributed by atoms with Crippen LogP contribution in [-0.2, 0) is 6.42 Å². The molecule has 0 saturated carbocycles. The van der Waals surface area contributed by atoms with E-state index in [1.54, 1.807) is 23.1 Å². The lowest BCUT2D eigenvalue weighted by Crippen LogP contribution is -2.37. The molecule has 138 valence electrons. The number of likely N-dealkylation sites (N-methyl/N-ethyl adjacent to an activating group) is 1. The quantitative estimate of drug-likeness (QED) is 0.867. The number of carbonyl (C=O) groups is 1. The summed E-state index contributed by atoms with van der Waals surface area (Å²) < 4.78 is 0. The van der Waals surface area contributed by atoms with E-state index >= 15 is 0 Å². The van der Waals surface area contributed by atoms with Crippen LogP contribution in [0, 0.1) is 0 Å². The van der Waals surface area contributed by atoms with Crippen molar-refractivity contribution in [1.29, 1.82) is 0 Å². The molecule has 0 bridgehead atoms. The van der Waals surface area contributed by atoms with Crippen molar-refractivity contribution < 1.29 is 4.79 Å². The highest BCUT2D eigenvalue weighted by Crippen LogP contribution is 2.25. The number of halogens is 2. The fourth-order valence-electron chi connectivity index (χ4n) is 2.96. The van der Waals surface area contributed by atoms with E-state index in [2.05, 4.69) is 14.9 Å². The van der Waals surface area contributed by atoms with Gasteiger partial charge in [-0.25, -0.2) is 4.98 Å². The monoisotopic (exact) mass is 394 g/mol. The highest BCUT2D eigenvalue weighted by atomic mass is 35.5. The normalized spacial score (nSPS) is 15.7. The first kappa shape index (κ1) is 18.9. The Bertz CT molecular complexity index is 848. The summed E-state index contributed by atoms with van der Waals surface area (Å²) in [6.45, 7) is 2.97. The Kier molecular flexibility index (Phi) is 5.96. The SMILES string of the molecule is CN1CCCN(C(=O)c2cnc(Cc3c(Cl)cccc3Cl)[nH]c2=O)CC1. The molecule has 1 aromatic heterocycles. The summed E-state index contributed by atoms with van der Waals surface area (Å²) in [6, 6.07) is 5.22. The van der Waals surface area contributed by atoms with Crippen molar-refractivity contribution in [2.24, 2.45) is 0 Å². The van der Waals surface area contributed by atoms with E-state index in [-0.39, 0.29) is 17.9 Å². The van der Waals surface area contributed by atoms with E-state index in [9.17, 15) is 9.59 Å². The summed E-state index contributed by atoms with van der Waals surface area (Å²) in [7, 11) is 2.02. The Morgan fingerprint density at radius 2 is 1.92 bits per heavy atom. The van der Waals surface area contributed by atoms with Crippen LogP contribution in [-0.4, -0.2) is 58.9 Å². The number of aromatic amines is 1. The van der Waals surface area contributed by atoms with Gasteiger partial charge in [-0.2, -0.15) is 0 Å². The molecule has 0 spiro atoms. The van der Waals surface area contributed by atoms with Crippen molar-refractivity contribution in [2.45, 2.75) is 12.8 Å². The molecule has 3 rings (SSSR count). The van der Waals surface area contributed by atoms with Crippen LogP contribution < -0.4 is 5.56 Å². The molecule has 1 aliphatic rings. The molecule has 1 saturated heterocycles. The van der Waals surface area contributed by atoms with Gasteiger partial charge in [0.05, 0.1) is 0 Å². The summed E-state index contributed by atoms with van der Waals surface area (Å²) in [5.74, 6) is 0.133. The molecule has 2 aromatic rings. The van der Waals surface area contributed by atoms with Crippen LogP contribution in [0.4, 0.5) is 0 Å². The molecule has 0 unspecified atom stereocenters. The Hall–Kier alpha value is -1.89. The highest BCUT2D eigenvalue weighted by Gasteiger charge is 2.22. The Morgan fingerprint density at radius 3 is 2.62 bits per heavy atom. The third-order valence-corrected chi connectivity index (χ3v) is 5.20. The van der Waals surface area contributed by atoms with Gasteiger partial charge in [0.1, 0.15) is 11.4 Å². The number of rotatable bonds is 3. The first-order valence-corrected chi connectivity index (χ1v) is 9.20. The van der Waals surface area contributed by atoms with Crippen molar-refractivity contribution in [3.63, 3.8) is 0 Å². The van der Waals surface area contributed by atoms with Crippen molar-refractivity contribution >= 4 is 29.1 Å². The number of carbonyl (C=O) groups excluding carboxylic acids is 1. The van der Waals surface area contributed by atoms with Gasteiger partial charge >= 0.3 is 0 Å². The fourth-order valence-corrected chi connectivity index (χ4v) is 3.49. The number of H-pyrrole nitrogens is 1. The maximum atomic E-state index is 12.7. The average Bonchev–Trinajstić information content (AvgIpc) is 2.82. The smallest absolute Gasteiger partial charge is 0.263 e. The predicted molar refractivity (Wildman–Crippen MR) is 102 cm³/mol. The zero-order valence-corrected chi connectivity index (χ0v) is 16.0. The van der Waals surface area contributed by atoms with E-state index in [0.717, 1.165) is 19.5 Å². The van der Waals surface area contributed by atoms with E-state index in [0.29, 0.717) is 34.5 Å². The van der Waals surface area contributed by atoms with Crippen molar-refractivity contribution in [1.82, 2.24) is 19.8 Å². The number of hydrogen-bond donors (Lipinski definition) is 1. The molecule has 1 N–H and O–H groups in total. The molecular weight excluding hydrogens is 375 g/mol. The van der Waals surface area contributed by atoms with E-state index < -0.39 is 5.56 Å². The number of amides is 1. The predicted octanol–water partition coefficient (Wildman–Crippen LogP) is 2.45. The fraction of sp³-hybridized carbons (Fsp3) is 0.389. The van der Waals surface area contributed by atoms with Crippen LogP contribution >= 0.6 is 23.2 Å². The van der Waals surface area contributed by atoms with Gasteiger partial charge in [-0.1, -0.05) is 29.3 Å². The molecule has 1 aromatic carbocycles. The van der Waals surface area contributed by atoms with Crippen LogP contribution in [0.25, 0.3) is 0 Å². The lowest BCUT2D eigenvalue weighted by atomic mass is 10.1. The zero-order chi connectivity index (χ0) is 18.7. The third kappa shape index (κ3) is 4.26. The molecule has 1 fully saturated rings. The van der Waals surface area contributed by atoms with Gasteiger partial charge in [0.2, 0.25) is 0 Å². The number of aromatic nitrogens is 2. The molecule has 6 nitrogen and oxygen atoms in total.